The highest BCUT2D eigenvalue weighted by molar-refractivity contribution is 5.56. The van der Waals surface area contributed by atoms with E-state index in [2.05, 4.69) is 0 Å². The average molecular weight is 400 g/mol. The van der Waals surface area contributed by atoms with E-state index in [1.165, 1.54) is 0 Å². The van der Waals surface area contributed by atoms with Crippen LogP contribution in [0.4, 0.5) is 52.7 Å². The highest BCUT2D eigenvalue weighted by atomic mass is 19.4. The van der Waals surface area contributed by atoms with Gasteiger partial charge < -0.3 is 0 Å². The molecular formula is C12F12N2. The molecule has 1 aromatic rings. The Hall–Kier alpha value is -2.64. The lowest BCUT2D eigenvalue weighted by Gasteiger charge is -2.26. The number of benzene rings is 1. The van der Waals surface area contributed by atoms with Crippen LogP contribution in [-0.4, -0.2) is 12.4 Å². The van der Waals surface area contributed by atoms with Gasteiger partial charge in [0.15, 0.2) is 11.6 Å². The van der Waals surface area contributed by atoms with Crippen LogP contribution in [0.3, 0.4) is 0 Å². The smallest absolute Gasteiger partial charge is 0.205 e. The van der Waals surface area contributed by atoms with Crippen molar-refractivity contribution < 1.29 is 52.7 Å². The van der Waals surface area contributed by atoms with E-state index in [0.29, 0.717) is 0 Å². The normalized spacial score (nSPS) is 13.3. The fourth-order valence-electron chi connectivity index (χ4n) is 1.77. The molecule has 0 saturated heterocycles. The molecule has 2 nitrogen and oxygen atoms in total. The highest BCUT2D eigenvalue weighted by Gasteiger charge is 2.65. The van der Waals surface area contributed by atoms with Crippen molar-refractivity contribution in [3.8, 4) is 12.1 Å². The number of nitriles is 2. The van der Waals surface area contributed by atoms with Gasteiger partial charge in [0.25, 0.3) is 0 Å². The number of halogens is 12. The second-order valence-corrected chi connectivity index (χ2v) is 4.50. The van der Waals surface area contributed by atoms with Crippen molar-refractivity contribution in [2.24, 2.45) is 0 Å². The van der Waals surface area contributed by atoms with Gasteiger partial charge in [-0.15, -0.1) is 0 Å². The largest absolute Gasteiger partial charge is 0.458 e. The van der Waals surface area contributed by atoms with E-state index in [-0.39, 0.29) is 12.1 Å². The molecule has 1 rings (SSSR count). The summed E-state index contributed by atoms with van der Waals surface area (Å²) in [4.78, 5) is 0. The summed E-state index contributed by atoms with van der Waals surface area (Å²) in [7, 11) is 0. The Morgan fingerprint density at radius 2 is 0.808 bits per heavy atom. The standard InChI is InChI=1S/C12F12N2/c13-7-3(1-25)5(9(15,16)11(19,20)21)4(2-26)8(14)6(7)10(17,18)12(22,23)24. The maximum atomic E-state index is 13.8. The maximum Gasteiger partial charge on any atom is 0.458 e. The van der Waals surface area contributed by atoms with Crippen LogP contribution in [0.15, 0.2) is 0 Å². The van der Waals surface area contributed by atoms with Crippen molar-refractivity contribution in [1.29, 1.82) is 10.5 Å². The fourth-order valence-corrected chi connectivity index (χ4v) is 1.77. The summed E-state index contributed by atoms with van der Waals surface area (Å²) in [5, 5.41) is 17.0. The molecule has 0 aliphatic carbocycles. The molecule has 0 amide bonds. The van der Waals surface area contributed by atoms with Crippen molar-refractivity contribution in [1.82, 2.24) is 0 Å². The van der Waals surface area contributed by atoms with Crippen LogP contribution in [0, 0.1) is 34.3 Å². The van der Waals surface area contributed by atoms with Crippen LogP contribution in [0.2, 0.25) is 0 Å². The third kappa shape index (κ3) is 2.89. The van der Waals surface area contributed by atoms with Gasteiger partial charge in [-0.3, -0.25) is 0 Å². The molecule has 1 aromatic carbocycles. The molecule has 0 heterocycles. The number of nitrogens with zero attached hydrogens (tertiary/aromatic N) is 2. The minimum Gasteiger partial charge on any atom is -0.205 e. The molecule has 142 valence electrons. The SMILES string of the molecule is N#Cc1c(F)c(C(F)(F)C(F)(F)F)c(F)c(C#N)c1C(F)(F)C(F)(F)F. The molecule has 0 aromatic heterocycles. The Bertz CT molecular complexity index is 778. The third-order valence-electron chi connectivity index (χ3n) is 2.94. The first-order valence-electron chi connectivity index (χ1n) is 5.72. The Morgan fingerprint density at radius 3 is 1.04 bits per heavy atom. The average Bonchev–Trinajstić information content (AvgIpc) is 2.43. The van der Waals surface area contributed by atoms with Crippen LogP contribution < -0.4 is 0 Å². The van der Waals surface area contributed by atoms with Crippen molar-refractivity contribution in [3.63, 3.8) is 0 Å². The molecule has 0 bridgehead atoms. The first-order valence-corrected chi connectivity index (χ1v) is 5.72. The zero-order valence-electron chi connectivity index (χ0n) is 11.4. The lowest BCUT2D eigenvalue weighted by atomic mass is 9.90. The summed E-state index contributed by atoms with van der Waals surface area (Å²) < 4.78 is 155. The maximum absolute atomic E-state index is 13.8. The van der Waals surface area contributed by atoms with E-state index in [1.807, 2.05) is 0 Å². The minimum absolute atomic E-state index is 0.234. The van der Waals surface area contributed by atoms with Crippen LogP contribution >= 0.6 is 0 Å². The molecule has 0 aliphatic heterocycles. The lowest BCUT2D eigenvalue weighted by molar-refractivity contribution is -0.292. The van der Waals surface area contributed by atoms with Crippen LogP contribution in [0.1, 0.15) is 22.3 Å². The van der Waals surface area contributed by atoms with Crippen molar-refractivity contribution >= 4 is 0 Å². The molecule has 0 fully saturated rings. The second-order valence-electron chi connectivity index (χ2n) is 4.50. The number of rotatable bonds is 2. The van der Waals surface area contributed by atoms with Crippen LogP contribution in [-0.2, 0) is 11.8 Å². The Kier molecular flexibility index (Phi) is 4.91. The highest BCUT2D eigenvalue weighted by Crippen LogP contribution is 2.51. The van der Waals surface area contributed by atoms with Gasteiger partial charge in [0, 0.05) is 0 Å². The first-order chi connectivity index (χ1) is 11.5. The number of alkyl halides is 10. The van der Waals surface area contributed by atoms with Gasteiger partial charge in [-0.1, -0.05) is 0 Å². The van der Waals surface area contributed by atoms with E-state index in [9.17, 15) is 52.7 Å². The summed E-state index contributed by atoms with van der Waals surface area (Å²) in [6.45, 7) is 0. The van der Waals surface area contributed by atoms with E-state index in [1.54, 1.807) is 0 Å². The van der Waals surface area contributed by atoms with Gasteiger partial charge in [0.05, 0.1) is 16.7 Å². The topological polar surface area (TPSA) is 47.6 Å². The third-order valence-corrected chi connectivity index (χ3v) is 2.94. The van der Waals surface area contributed by atoms with Crippen molar-refractivity contribution in [3.05, 3.63) is 33.9 Å². The summed E-state index contributed by atoms with van der Waals surface area (Å²) >= 11 is 0. The zero-order valence-corrected chi connectivity index (χ0v) is 11.4. The first kappa shape index (κ1) is 21.4. The van der Waals surface area contributed by atoms with E-state index in [0.717, 1.165) is 0 Å². The van der Waals surface area contributed by atoms with Crippen LogP contribution in [0.25, 0.3) is 0 Å². The predicted octanol–water partition coefficient (Wildman–Crippen LogP) is 5.02. The number of hydrogen-bond acceptors (Lipinski definition) is 2. The van der Waals surface area contributed by atoms with Crippen molar-refractivity contribution in [2.45, 2.75) is 24.2 Å². The van der Waals surface area contributed by atoms with E-state index < -0.39 is 58.1 Å². The van der Waals surface area contributed by atoms with E-state index >= 15 is 0 Å². The second kappa shape index (κ2) is 5.96. The molecule has 0 radical (unpaired) electrons. The molecule has 0 unspecified atom stereocenters. The van der Waals surface area contributed by atoms with E-state index in [4.69, 9.17) is 10.5 Å². The predicted molar refractivity (Wildman–Crippen MR) is 55.7 cm³/mol. The Balaban J connectivity index is 4.19. The summed E-state index contributed by atoms with van der Waals surface area (Å²) in [5.74, 6) is -19.4. The Labute approximate surface area is 134 Å². The lowest BCUT2D eigenvalue weighted by Crippen LogP contribution is -2.39. The van der Waals surface area contributed by atoms with Crippen molar-refractivity contribution in [2.75, 3.05) is 0 Å². The van der Waals surface area contributed by atoms with Gasteiger partial charge in [-0.05, 0) is 0 Å². The Morgan fingerprint density at radius 1 is 0.538 bits per heavy atom. The van der Waals surface area contributed by atoms with Gasteiger partial charge in [-0.2, -0.15) is 54.4 Å². The van der Waals surface area contributed by atoms with Gasteiger partial charge in [0.1, 0.15) is 17.7 Å². The molecule has 0 saturated carbocycles. The molecular weight excluding hydrogens is 400 g/mol. The number of hydrogen-bond donors (Lipinski definition) is 0. The molecule has 0 atom stereocenters. The van der Waals surface area contributed by atoms with Crippen LogP contribution in [0.5, 0.6) is 0 Å². The minimum atomic E-state index is -6.72. The zero-order chi connectivity index (χ0) is 20.9. The summed E-state index contributed by atoms with van der Waals surface area (Å²) in [5.41, 5.74) is -11.7. The molecule has 26 heavy (non-hydrogen) atoms. The summed E-state index contributed by atoms with van der Waals surface area (Å²) in [6, 6.07) is 0.469. The monoisotopic (exact) mass is 400 g/mol. The van der Waals surface area contributed by atoms with Gasteiger partial charge in [-0.25, -0.2) is 8.78 Å². The van der Waals surface area contributed by atoms with Gasteiger partial charge >= 0.3 is 24.2 Å². The quantitative estimate of drug-likeness (QED) is 0.655. The summed E-state index contributed by atoms with van der Waals surface area (Å²) in [6.07, 6.45) is -13.4. The molecule has 14 heteroatoms. The molecule has 0 N–H and O–H groups in total. The molecule has 0 aliphatic rings. The fraction of sp³-hybridized carbons (Fsp3) is 0.333. The van der Waals surface area contributed by atoms with Gasteiger partial charge in [0.2, 0.25) is 0 Å². The molecule has 0 spiro atoms.